The van der Waals surface area contributed by atoms with Crippen LogP contribution in [0.2, 0.25) is 5.02 Å². The molecule has 176 valence electrons. The predicted octanol–water partition coefficient (Wildman–Crippen LogP) is 6.51. The standard InChI is InChI=1S/C28H25ClFN5/c29-20-7-10-23-25(17-20)31-14-11-26(23)34-15-12-22(13-16-34)32-28-33-24-3-1-2-4-27(24)35(28)18-19-5-8-21(30)9-6-19/h1-11,14,17,22H,12-13,15-16,18H2,(H,32,33). The lowest BCUT2D eigenvalue weighted by atomic mass is 10.0. The first-order valence-electron chi connectivity index (χ1n) is 11.9. The molecule has 1 aliphatic rings. The van der Waals surface area contributed by atoms with E-state index < -0.39 is 0 Å². The summed E-state index contributed by atoms with van der Waals surface area (Å²) in [6.45, 7) is 2.52. The minimum absolute atomic E-state index is 0.223. The smallest absolute Gasteiger partial charge is 0.204 e. The van der Waals surface area contributed by atoms with Crippen LogP contribution in [0.1, 0.15) is 18.4 Å². The Morgan fingerprint density at radius 1 is 0.943 bits per heavy atom. The van der Waals surface area contributed by atoms with Crippen LogP contribution in [0.3, 0.4) is 0 Å². The van der Waals surface area contributed by atoms with Crippen LogP contribution in [0.25, 0.3) is 21.9 Å². The fourth-order valence-electron chi connectivity index (χ4n) is 4.95. The van der Waals surface area contributed by atoms with Gasteiger partial charge in [0.1, 0.15) is 5.82 Å². The molecule has 0 unspecified atom stereocenters. The Morgan fingerprint density at radius 3 is 2.57 bits per heavy atom. The van der Waals surface area contributed by atoms with Crippen molar-refractivity contribution in [2.24, 2.45) is 0 Å². The Hall–Kier alpha value is -3.64. The highest BCUT2D eigenvalue weighted by Crippen LogP contribution is 2.30. The van der Waals surface area contributed by atoms with E-state index in [1.165, 1.54) is 17.8 Å². The van der Waals surface area contributed by atoms with E-state index >= 15 is 0 Å². The molecular weight excluding hydrogens is 461 g/mol. The molecule has 1 N–H and O–H groups in total. The van der Waals surface area contributed by atoms with Crippen molar-refractivity contribution in [1.29, 1.82) is 0 Å². The molecule has 1 fully saturated rings. The number of anilines is 2. The van der Waals surface area contributed by atoms with Crippen LogP contribution in [0.5, 0.6) is 0 Å². The van der Waals surface area contributed by atoms with E-state index in [1.807, 2.05) is 48.7 Å². The van der Waals surface area contributed by atoms with E-state index in [-0.39, 0.29) is 5.82 Å². The average Bonchev–Trinajstić information content (AvgIpc) is 3.22. The zero-order valence-electron chi connectivity index (χ0n) is 19.2. The number of nitrogens with one attached hydrogen (secondary N) is 1. The molecule has 5 nitrogen and oxygen atoms in total. The lowest BCUT2D eigenvalue weighted by Gasteiger charge is -2.34. The molecule has 0 bridgehead atoms. The van der Waals surface area contributed by atoms with Crippen LogP contribution in [-0.2, 0) is 6.54 Å². The Kier molecular flexibility index (Phi) is 5.74. The Morgan fingerprint density at radius 2 is 1.74 bits per heavy atom. The maximum absolute atomic E-state index is 13.4. The molecule has 0 atom stereocenters. The van der Waals surface area contributed by atoms with Gasteiger partial charge in [-0.25, -0.2) is 9.37 Å². The van der Waals surface area contributed by atoms with Gasteiger partial charge in [0.2, 0.25) is 5.95 Å². The SMILES string of the molecule is Fc1ccc(Cn2c(NC3CCN(c4ccnc5cc(Cl)ccc45)CC3)nc3ccccc32)cc1. The Labute approximate surface area is 208 Å². The normalized spacial score (nSPS) is 14.6. The van der Waals surface area contributed by atoms with Gasteiger partial charge in [0.05, 0.1) is 23.1 Å². The predicted molar refractivity (Wildman–Crippen MR) is 141 cm³/mol. The highest BCUT2D eigenvalue weighted by Gasteiger charge is 2.23. The third-order valence-corrected chi connectivity index (χ3v) is 6.99. The van der Waals surface area contributed by atoms with E-state index in [0.29, 0.717) is 17.6 Å². The van der Waals surface area contributed by atoms with Gasteiger partial charge in [-0.3, -0.25) is 4.98 Å². The fourth-order valence-corrected chi connectivity index (χ4v) is 5.11. The van der Waals surface area contributed by atoms with Crippen molar-refractivity contribution in [3.63, 3.8) is 0 Å². The summed E-state index contributed by atoms with van der Waals surface area (Å²) >= 11 is 6.17. The highest BCUT2D eigenvalue weighted by atomic mass is 35.5. The quantitative estimate of drug-likeness (QED) is 0.308. The van der Waals surface area contributed by atoms with Gasteiger partial charge in [-0.15, -0.1) is 0 Å². The maximum Gasteiger partial charge on any atom is 0.204 e. The van der Waals surface area contributed by atoms with Crippen molar-refractivity contribution in [2.45, 2.75) is 25.4 Å². The molecule has 0 amide bonds. The van der Waals surface area contributed by atoms with E-state index in [2.05, 4.69) is 38.0 Å². The van der Waals surface area contributed by atoms with Gasteiger partial charge in [0.25, 0.3) is 0 Å². The second-order valence-electron chi connectivity index (χ2n) is 9.03. The average molecular weight is 486 g/mol. The number of halogens is 2. The van der Waals surface area contributed by atoms with E-state index in [0.717, 1.165) is 59.4 Å². The van der Waals surface area contributed by atoms with Crippen molar-refractivity contribution in [2.75, 3.05) is 23.3 Å². The van der Waals surface area contributed by atoms with Crippen molar-refractivity contribution < 1.29 is 4.39 Å². The lowest BCUT2D eigenvalue weighted by Crippen LogP contribution is -2.39. The van der Waals surface area contributed by atoms with Gasteiger partial charge in [0, 0.05) is 41.4 Å². The summed E-state index contributed by atoms with van der Waals surface area (Å²) in [7, 11) is 0. The second-order valence-corrected chi connectivity index (χ2v) is 9.47. The third-order valence-electron chi connectivity index (χ3n) is 6.76. The van der Waals surface area contributed by atoms with E-state index in [1.54, 1.807) is 0 Å². The molecule has 0 aliphatic carbocycles. The van der Waals surface area contributed by atoms with Crippen LogP contribution >= 0.6 is 11.6 Å². The van der Waals surface area contributed by atoms with Crippen molar-refractivity contribution in [1.82, 2.24) is 14.5 Å². The molecule has 3 heterocycles. The first kappa shape index (κ1) is 21.9. The largest absolute Gasteiger partial charge is 0.371 e. The number of hydrogen-bond donors (Lipinski definition) is 1. The van der Waals surface area contributed by atoms with Gasteiger partial charge >= 0.3 is 0 Å². The number of imidazole rings is 1. The summed E-state index contributed by atoms with van der Waals surface area (Å²) in [6, 6.07) is 23.1. The molecule has 1 aliphatic heterocycles. The number of para-hydroxylation sites is 2. The van der Waals surface area contributed by atoms with Gasteiger partial charge in [-0.05, 0) is 66.9 Å². The van der Waals surface area contributed by atoms with Crippen molar-refractivity contribution in [3.05, 3.63) is 95.4 Å². The molecule has 0 spiro atoms. The molecule has 0 radical (unpaired) electrons. The number of fused-ring (bicyclic) bond motifs is 2. The fraction of sp³-hybridized carbons (Fsp3) is 0.214. The van der Waals surface area contributed by atoms with Crippen LogP contribution in [0, 0.1) is 5.82 Å². The van der Waals surface area contributed by atoms with Crippen LogP contribution in [-0.4, -0.2) is 33.7 Å². The van der Waals surface area contributed by atoms with Crippen molar-refractivity contribution >= 4 is 45.2 Å². The zero-order valence-corrected chi connectivity index (χ0v) is 19.9. The van der Waals surface area contributed by atoms with Crippen LogP contribution in [0.15, 0.2) is 79.0 Å². The number of aromatic nitrogens is 3. The van der Waals surface area contributed by atoms with Crippen molar-refractivity contribution in [3.8, 4) is 0 Å². The van der Waals surface area contributed by atoms with Gasteiger partial charge < -0.3 is 14.8 Å². The minimum atomic E-state index is -0.223. The summed E-state index contributed by atoms with van der Waals surface area (Å²) in [6.07, 6.45) is 3.85. The number of rotatable bonds is 5. The number of pyridine rings is 1. The number of hydrogen-bond acceptors (Lipinski definition) is 4. The van der Waals surface area contributed by atoms with E-state index in [4.69, 9.17) is 16.6 Å². The minimum Gasteiger partial charge on any atom is -0.371 e. The molecule has 2 aromatic heterocycles. The highest BCUT2D eigenvalue weighted by molar-refractivity contribution is 6.31. The molecule has 1 saturated heterocycles. The Balaban J connectivity index is 1.21. The summed E-state index contributed by atoms with van der Waals surface area (Å²) in [5.74, 6) is 0.636. The summed E-state index contributed by atoms with van der Waals surface area (Å²) in [5.41, 5.74) is 5.19. The Bertz CT molecular complexity index is 1490. The van der Waals surface area contributed by atoms with Crippen LogP contribution < -0.4 is 10.2 Å². The third kappa shape index (κ3) is 4.42. The first-order chi connectivity index (χ1) is 17.1. The topological polar surface area (TPSA) is 46.0 Å². The molecule has 7 heteroatoms. The number of nitrogens with zero attached hydrogens (tertiary/aromatic N) is 4. The summed E-state index contributed by atoms with van der Waals surface area (Å²) in [4.78, 5) is 11.8. The second kappa shape index (κ2) is 9.19. The van der Waals surface area contributed by atoms with Gasteiger partial charge in [-0.2, -0.15) is 0 Å². The van der Waals surface area contributed by atoms with Crippen LogP contribution in [0.4, 0.5) is 16.0 Å². The molecule has 6 rings (SSSR count). The lowest BCUT2D eigenvalue weighted by molar-refractivity contribution is 0.522. The first-order valence-corrected chi connectivity index (χ1v) is 12.3. The summed E-state index contributed by atoms with van der Waals surface area (Å²) < 4.78 is 15.6. The monoisotopic (exact) mass is 485 g/mol. The van der Waals surface area contributed by atoms with E-state index in [9.17, 15) is 4.39 Å². The zero-order chi connectivity index (χ0) is 23.8. The van der Waals surface area contributed by atoms with Gasteiger partial charge in [-0.1, -0.05) is 35.9 Å². The number of benzene rings is 3. The maximum atomic E-state index is 13.4. The molecular formula is C28H25ClFN5. The molecule has 0 saturated carbocycles. The molecule has 3 aromatic carbocycles. The molecule has 5 aromatic rings. The number of piperidine rings is 1. The molecule has 35 heavy (non-hydrogen) atoms. The van der Waals surface area contributed by atoms with Gasteiger partial charge in [0.15, 0.2) is 0 Å². The summed E-state index contributed by atoms with van der Waals surface area (Å²) in [5, 5.41) is 5.54.